The maximum atomic E-state index is 12.7. The van der Waals surface area contributed by atoms with Gasteiger partial charge < -0.3 is 18.9 Å². The minimum Gasteiger partial charge on any atom is -0.462 e. The first-order valence-corrected chi connectivity index (χ1v) is 23.2. The van der Waals surface area contributed by atoms with E-state index in [0.29, 0.717) is 30.3 Å². The van der Waals surface area contributed by atoms with Gasteiger partial charge in [0, 0.05) is 19.3 Å². The van der Waals surface area contributed by atoms with Gasteiger partial charge in [-0.1, -0.05) is 128 Å². The fraction of sp³-hybridized carbons (Fsp3) is 0.795. The number of rotatable bonds is 39. The molecule has 0 saturated carbocycles. The molecular formula is C44H81NO9P+. The van der Waals surface area contributed by atoms with E-state index in [1.54, 1.807) is 6.08 Å². The van der Waals surface area contributed by atoms with Crippen molar-refractivity contribution in [2.45, 2.75) is 180 Å². The van der Waals surface area contributed by atoms with Crippen LogP contribution in [0.25, 0.3) is 0 Å². The number of phosphoric acid groups is 1. The Morgan fingerprint density at radius 1 is 0.600 bits per heavy atom. The van der Waals surface area contributed by atoms with E-state index >= 15 is 0 Å². The smallest absolute Gasteiger partial charge is 0.462 e. The second-order valence-electron chi connectivity index (χ2n) is 15.8. The summed E-state index contributed by atoms with van der Waals surface area (Å²) >= 11 is 0. The Hall–Kier alpha value is -2.10. The summed E-state index contributed by atoms with van der Waals surface area (Å²) in [7, 11) is 1.42. The first-order chi connectivity index (χ1) is 26.4. The molecule has 10 nitrogen and oxygen atoms in total. The molecule has 0 heterocycles. The summed E-state index contributed by atoms with van der Waals surface area (Å²) in [6, 6.07) is 0. The van der Waals surface area contributed by atoms with Gasteiger partial charge >= 0.3 is 19.8 Å². The Bertz CT molecular complexity index is 1100. The minimum atomic E-state index is -4.39. The first kappa shape index (κ1) is 52.9. The number of quaternary nitrogens is 1. The minimum absolute atomic E-state index is 0.0155. The van der Waals surface area contributed by atoms with Crippen LogP contribution in [-0.4, -0.2) is 80.7 Å². The quantitative estimate of drug-likeness (QED) is 0.0123. The van der Waals surface area contributed by atoms with Crippen molar-refractivity contribution in [3.8, 4) is 0 Å². The molecule has 0 bridgehead atoms. The zero-order valence-corrected chi connectivity index (χ0v) is 36.5. The van der Waals surface area contributed by atoms with Gasteiger partial charge in [-0.05, 0) is 63.9 Å². The largest absolute Gasteiger partial charge is 0.472 e. The second kappa shape index (κ2) is 36.3. The molecule has 0 aliphatic carbocycles. The lowest BCUT2D eigenvalue weighted by Crippen LogP contribution is -2.37. The van der Waals surface area contributed by atoms with Crippen LogP contribution in [0, 0.1) is 0 Å². The predicted molar refractivity (Wildman–Crippen MR) is 225 cm³/mol. The molecule has 0 aromatic rings. The summed E-state index contributed by atoms with van der Waals surface area (Å²) in [5.41, 5.74) is 0. The summed E-state index contributed by atoms with van der Waals surface area (Å²) in [6.07, 6.45) is 36.0. The van der Waals surface area contributed by atoms with Crippen molar-refractivity contribution in [2.24, 2.45) is 0 Å². The maximum Gasteiger partial charge on any atom is 0.472 e. The average Bonchev–Trinajstić information content (AvgIpc) is 3.12. The molecule has 1 N–H and O–H groups in total. The Morgan fingerprint density at radius 2 is 1.09 bits per heavy atom. The van der Waals surface area contributed by atoms with E-state index in [0.717, 1.165) is 83.5 Å². The molecule has 0 saturated heterocycles. The molecule has 0 radical (unpaired) electrons. The van der Waals surface area contributed by atoms with Gasteiger partial charge in [-0.2, -0.15) is 0 Å². The van der Waals surface area contributed by atoms with Crippen LogP contribution in [0.3, 0.4) is 0 Å². The van der Waals surface area contributed by atoms with Crippen LogP contribution < -0.4 is 0 Å². The summed E-state index contributed by atoms with van der Waals surface area (Å²) in [4.78, 5) is 47.1. The van der Waals surface area contributed by atoms with Gasteiger partial charge in [-0.3, -0.25) is 23.4 Å². The SMILES string of the molecule is CCCCCCCC/C=C\CCCCCCCC(=O)O[C@H](COC(=O)CCCCCCC/C=C\C=C\C(=O)CCCCC)COP(=O)(O)OCC[N+](C)(C)C. The van der Waals surface area contributed by atoms with Crippen molar-refractivity contribution < 1.29 is 46.8 Å². The lowest BCUT2D eigenvalue weighted by molar-refractivity contribution is -0.870. The van der Waals surface area contributed by atoms with Crippen molar-refractivity contribution in [3.05, 3.63) is 36.5 Å². The van der Waals surface area contributed by atoms with Gasteiger partial charge in [0.05, 0.1) is 27.7 Å². The van der Waals surface area contributed by atoms with Crippen LogP contribution in [-0.2, 0) is 37.5 Å². The fourth-order valence-electron chi connectivity index (χ4n) is 5.64. The van der Waals surface area contributed by atoms with Crippen molar-refractivity contribution in [3.63, 3.8) is 0 Å². The number of likely N-dealkylation sites (N-methyl/N-ethyl adjacent to an activating group) is 1. The molecule has 0 aliphatic heterocycles. The van der Waals surface area contributed by atoms with E-state index in [4.69, 9.17) is 18.5 Å². The predicted octanol–water partition coefficient (Wildman–Crippen LogP) is 11.3. The number of carbonyl (C=O) groups excluding carboxylic acids is 3. The topological polar surface area (TPSA) is 125 Å². The Morgan fingerprint density at radius 3 is 1.67 bits per heavy atom. The number of carbonyl (C=O) groups is 3. The number of nitrogens with zero attached hydrogens (tertiary/aromatic N) is 1. The lowest BCUT2D eigenvalue weighted by atomic mass is 10.1. The van der Waals surface area contributed by atoms with Gasteiger partial charge in [0.25, 0.3) is 0 Å². The molecular weight excluding hydrogens is 717 g/mol. The normalized spacial score (nSPS) is 13.9. The average molecular weight is 799 g/mol. The number of ether oxygens (including phenoxy) is 2. The van der Waals surface area contributed by atoms with Gasteiger partial charge in [0.15, 0.2) is 11.9 Å². The highest BCUT2D eigenvalue weighted by Crippen LogP contribution is 2.43. The summed E-state index contributed by atoms with van der Waals surface area (Å²) in [6.45, 7) is 4.19. The van der Waals surface area contributed by atoms with Gasteiger partial charge in [0.1, 0.15) is 19.8 Å². The molecule has 11 heteroatoms. The van der Waals surface area contributed by atoms with E-state index in [1.807, 2.05) is 33.3 Å². The number of ketones is 1. The third-order valence-electron chi connectivity index (χ3n) is 9.12. The first-order valence-electron chi connectivity index (χ1n) is 21.7. The monoisotopic (exact) mass is 799 g/mol. The summed E-state index contributed by atoms with van der Waals surface area (Å²) in [5.74, 6) is -0.691. The number of esters is 2. The van der Waals surface area contributed by atoms with E-state index < -0.39 is 32.5 Å². The fourth-order valence-corrected chi connectivity index (χ4v) is 6.38. The number of phosphoric ester groups is 1. The van der Waals surface area contributed by atoms with E-state index in [9.17, 15) is 23.8 Å². The van der Waals surface area contributed by atoms with Gasteiger partial charge in [-0.15, -0.1) is 0 Å². The summed E-state index contributed by atoms with van der Waals surface area (Å²) < 4.78 is 34.2. The molecule has 0 spiro atoms. The standard InChI is InChI=1S/C44H80NO9P/c1-6-8-10-11-12-13-14-15-16-17-18-21-25-28-32-36-44(48)54-42(40-53-55(49,50)52-38-37-45(3,4)5)39-51-43(47)35-31-27-24-22-19-20-23-26-30-34-41(46)33-29-9-7-2/h15-16,23,26,30,34,42H,6-14,17-22,24-25,27-29,31-33,35-40H2,1-5H3/p+1/b16-15-,26-23-,34-30+/t42-/m1/s1. The molecule has 2 atom stereocenters. The molecule has 320 valence electrons. The van der Waals surface area contributed by atoms with Crippen LogP contribution in [0.15, 0.2) is 36.5 Å². The zero-order valence-electron chi connectivity index (χ0n) is 35.7. The molecule has 0 aliphatic rings. The molecule has 0 amide bonds. The molecule has 1 unspecified atom stereocenters. The van der Waals surface area contributed by atoms with Crippen molar-refractivity contribution in [1.82, 2.24) is 0 Å². The van der Waals surface area contributed by atoms with Crippen molar-refractivity contribution >= 4 is 25.5 Å². The highest BCUT2D eigenvalue weighted by atomic mass is 31.2. The molecule has 0 fully saturated rings. The third-order valence-corrected chi connectivity index (χ3v) is 10.1. The molecule has 0 rings (SSSR count). The van der Waals surface area contributed by atoms with Crippen molar-refractivity contribution in [2.75, 3.05) is 47.5 Å². The number of hydrogen-bond acceptors (Lipinski definition) is 8. The van der Waals surface area contributed by atoms with Gasteiger partial charge in [0.2, 0.25) is 0 Å². The lowest BCUT2D eigenvalue weighted by Gasteiger charge is -2.24. The van der Waals surface area contributed by atoms with Crippen LogP contribution in [0.4, 0.5) is 0 Å². The number of allylic oxidation sites excluding steroid dienone is 6. The summed E-state index contributed by atoms with van der Waals surface area (Å²) in [5, 5.41) is 0. The van der Waals surface area contributed by atoms with Crippen LogP contribution in [0.2, 0.25) is 0 Å². The number of hydrogen-bond donors (Lipinski definition) is 1. The Balaban J connectivity index is 4.45. The van der Waals surface area contributed by atoms with Gasteiger partial charge in [-0.25, -0.2) is 4.57 Å². The Labute approximate surface area is 336 Å². The highest BCUT2D eigenvalue weighted by Gasteiger charge is 2.27. The van der Waals surface area contributed by atoms with E-state index in [-0.39, 0.29) is 31.8 Å². The van der Waals surface area contributed by atoms with Crippen LogP contribution in [0.1, 0.15) is 174 Å². The maximum absolute atomic E-state index is 12.7. The van der Waals surface area contributed by atoms with Crippen molar-refractivity contribution in [1.29, 1.82) is 0 Å². The molecule has 55 heavy (non-hydrogen) atoms. The Kier molecular flexibility index (Phi) is 34.9. The zero-order chi connectivity index (χ0) is 40.9. The van der Waals surface area contributed by atoms with E-state index in [2.05, 4.69) is 32.1 Å². The molecule has 0 aromatic carbocycles. The van der Waals surface area contributed by atoms with E-state index in [1.165, 1.54) is 44.9 Å². The number of unbranched alkanes of at least 4 members (excludes halogenated alkanes) is 18. The molecule has 0 aromatic heterocycles. The second-order valence-corrected chi connectivity index (χ2v) is 17.2. The van der Waals surface area contributed by atoms with Crippen LogP contribution in [0.5, 0.6) is 0 Å². The van der Waals surface area contributed by atoms with Crippen LogP contribution >= 0.6 is 7.82 Å². The highest BCUT2D eigenvalue weighted by molar-refractivity contribution is 7.47. The third kappa shape index (κ3) is 39.9.